The summed E-state index contributed by atoms with van der Waals surface area (Å²) >= 11 is 1.64. The van der Waals surface area contributed by atoms with Crippen molar-refractivity contribution in [1.29, 1.82) is 0 Å². The molecule has 0 bridgehead atoms. The molecule has 2 aliphatic rings. The number of ether oxygens (including phenoxy) is 1. The number of nitrogens with zero attached hydrogens (tertiary/aromatic N) is 3. The molecule has 0 saturated carbocycles. The maximum absolute atomic E-state index is 12.5. The SMILES string of the molecule is Cc1nccc([C@@H]2C[C@@H]3CCN(C(=O)Cc4ccsc4)C[C@H]3O2)n1. The summed E-state index contributed by atoms with van der Waals surface area (Å²) in [4.78, 5) is 23.1. The fourth-order valence-electron chi connectivity index (χ4n) is 3.68. The zero-order valence-corrected chi connectivity index (χ0v) is 14.5. The molecule has 2 saturated heterocycles. The first-order valence-electron chi connectivity index (χ1n) is 8.43. The van der Waals surface area contributed by atoms with E-state index in [1.807, 2.05) is 34.7 Å². The Morgan fingerprint density at radius 3 is 3.17 bits per heavy atom. The largest absolute Gasteiger partial charge is 0.367 e. The van der Waals surface area contributed by atoms with Crippen molar-refractivity contribution in [2.45, 2.75) is 38.4 Å². The molecule has 0 aliphatic carbocycles. The molecule has 2 fully saturated rings. The second-order valence-corrected chi connectivity index (χ2v) is 7.40. The first kappa shape index (κ1) is 15.7. The van der Waals surface area contributed by atoms with Gasteiger partial charge in [0.15, 0.2) is 0 Å². The van der Waals surface area contributed by atoms with Crippen LogP contribution in [-0.2, 0) is 16.0 Å². The molecular formula is C18H21N3O2S. The molecule has 0 N–H and O–H groups in total. The molecule has 3 atom stereocenters. The van der Waals surface area contributed by atoms with Crippen molar-refractivity contribution in [3.8, 4) is 0 Å². The van der Waals surface area contributed by atoms with Gasteiger partial charge in [0.1, 0.15) is 11.9 Å². The molecule has 0 radical (unpaired) electrons. The molecule has 0 unspecified atom stereocenters. The lowest BCUT2D eigenvalue weighted by molar-refractivity contribution is -0.134. The van der Waals surface area contributed by atoms with Gasteiger partial charge in [0, 0.05) is 19.3 Å². The number of likely N-dealkylation sites (tertiary alicyclic amines) is 1. The smallest absolute Gasteiger partial charge is 0.227 e. The van der Waals surface area contributed by atoms with Crippen LogP contribution in [-0.4, -0.2) is 40.0 Å². The molecule has 126 valence electrons. The summed E-state index contributed by atoms with van der Waals surface area (Å²) in [5.74, 6) is 1.51. The molecule has 2 aliphatic heterocycles. The molecule has 0 spiro atoms. The molecule has 4 heterocycles. The van der Waals surface area contributed by atoms with Crippen LogP contribution >= 0.6 is 11.3 Å². The van der Waals surface area contributed by atoms with Gasteiger partial charge in [-0.05, 0) is 54.1 Å². The van der Waals surface area contributed by atoms with E-state index in [0.29, 0.717) is 18.9 Å². The van der Waals surface area contributed by atoms with Gasteiger partial charge in [-0.1, -0.05) is 0 Å². The molecular weight excluding hydrogens is 322 g/mol. The average molecular weight is 343 g/mol. The lowest BCUT2D eigenvalue weighted by Crippen LogP contribution is -2.45. The highest BCUT2D eigenvalue weighted by Gasteiger charge is 2.41. The van der Waals surface area contributed by atoms with Crippen molar-refractivity contribution < 1.29 is 9.53 Å². The van der Waals surface area contributed by atoms with Crippen LogP contribution in [0.15, 0.2) is 29.1 Å². The van der Waals surface area contributed by atoms with Crippen LogP contribution in [0.25, 0.3) is 0 Å². The predicted molar refractivity (Wildman–Crippen MR) is 91.7 cm³/mol. The van der Waals surface area contributed by atoms with Crippen LogP contribution in [0.5, 0.6) is 0 Å². The van der Waals surface area contributed by atoms with Gasteiger partial charge in [-0.15, -0.1) is 0 Å². The van der Waals surface area contributed by atoms with E-state index in [4.69, 9.17) is 4.74 Å². The molecule has 2 aromatic heterocycles. The number of thiophene rings is 1. The van der Waals surface area contributed by atoms with Crippen molar-refractivity contribution in [3.05, 3.63) is 46.2 Å². The Balaban J connectivity index is 1.39. The first-order valence-corrected chi connectivity index (χ1v) is 9.37. The minimum atomic E-state index is 0.0358. The topological polar surface area (TPSA) is 55.3 Å². The lowest BCUT2D eigenvalue weighted by Gasteiger charge is -2.34. The third-order valence-electron chi connectivity index (χ3n) is 4.97. The quantitative estimate of drug-likeness (QED) is 0.860. The van der Waals surface area contributed by atoms with Gasteiger partial charge >= 0.3 is 0 Å². The number of hydrogen-bond donors (Lipinski definition) is 0. The van der Waals surface area contributed by atoms with Crippen molar-refractivity contribution in [2.75, 3.05) is 13.1 Å². The Morgan fingerprint density at radius 2 is 2.38 bits per heavy atom. The molecule has 6 heteroatoms. The number of aromatic nitrogens is 2. The van der Waals surface area contributed by atoms with Crippen LogP contribution in [0.2, 0.25) is 0 Å². The van der Waals surface area contributed by atoms with E-state index in [0.717, 1.165) is 36.5 Å². The number of aryl methyl sites for hydroxylation is 1. The van der Waals surface area contributed by atoms with E-state index in [1.54, 1.807) is 17.5 Å². The summed E-state index contributed by atoms with van der Waals surface area (Å²) in [7, 11) is 0. The summed E-state index contributed by atoms with van der Waals surface area (Å²) in [5.41, 5.74) is 2.07. The van der Waals surface area contributed by atoms with Crippen molar-refractivity contribution in [1.82, 2.24) is 14.9 Å². The summed E-state index contributed by atoms with van der Waals surface area (Å²) in [6.07, 6.45) is 4.46. The summed E-state index contributed by atoms with van der Waals surface area (Å²) in [5, 5.41) is 4.06. The average Bonchev–Trinajstić information content (AvgIpc) is 3.23. The number of carbonyl (C=O) groups is 1. The van der Waals surface area contributed by atoms with Crippen LogP contribution in [0.4, 0.5) is 0 Å². The highest BCUT2D eigenvalue weighted by Crippen LogP contribution is 2.40. The first-order chi connectivity index (χ1) is 11.7. The second kappa shape index (κ2) is 6.61. The van der Waals surface area contributed by atoms with Crippen molar-refractivity contribution >= 4 is 17.2 Å². The van der Waals surface area contributed by atoms with E-state index in [1.165, 1.54) is 0 Å². The Morgan fingerprint density at radius 1 is 1.46 bits per heavy atom. The van der Waals surface area contributed by atoms with Gasteiger partial charge in [0.25, 0.3) is 0 Å². The predicted octanol–water partition coefficient (Wildman–Crippen LogP) is 2.77. The van der Waals surface area contributed by atoms with E-state index < -0.39 is 0 Å². The van der Waals surface area contributed by atoms with E-state index in [9.17, 15) is 4.79 Å². The van der Waals surface area contributed by atoms with Gasteiger partial charge < -0.3 is 9.64 Å². The highest BCUT2D eigenvalue weighted by molar-refractivity contribution is 7.07. The van der Waals surface area contributed by atoms with Crippen molar-refractivity contribution in [2.24, 2.45) is 5.92 Å². The van der Waals surface area contributed by atoms with Crippen LogP contribution < -0.4 is 0 Å². The third kappa shape index (κ3) is 3.21. The second-order valence-electron chi connectivity index (χ2n) is 6.62. The van der Waals surface area contributed by atoms with Gasteiger partial charge in [-0.25, -0.2) is 9.97 Å². The number of fused-ring (bicyclic) bond motifs is 1. The van der Waals surface area contributed by atoms with Crippen LogP contribution in [0.3, 0.4) is 0 Å². The summed E-state index contributed by atoms with van der Waals surface area (Å²) < 4.78 is 6.24. The fraction of sp³-hybridized carbons (Fsp3) is 0.500. The zero-order chi connectivity index (χ0) is 16.5. The highest BCUT2D eigenvalue weighted by atomic mass is 32.1. The number of piperidine rings is 1. The lowest BCUT2D eigenvalue weighted by atomic mass is 9.91. The molecule has 1 amide bonds. The molecule has 2 aromatic rings. The number of carbonyl (C=O) groups excluding carboxylic acids is 1. The minimum Gasteiger partial charge on any atom is -0.367 e. The molecule has 0 aromatic carbocycles. The zero-order valence-electron chi connectivity index (χ0n) is 13.7. The number of amides is 1. The molecule has 4 rings (SSSR count). The number of rotatable bonds is 3. The van der Waals surface area contributed by atoms with Crippen LogP contribution in [0.1, 0.15) is 36.0 Å². The Labute approximate surface area is 145 Å². The van der Waals surface area contributed by atoms with Gasteiger partial charge in [-0.3, -0.25) is 4.79 Å². The summed E-state index contributed by atoms with van der Waals surface area (Å²) in [6, 6.07) is 3.96. The van der Waals surface area contributed by atoms with Crippen molar-refractivity contribution in [3.63, 3.8) is 0 Å². The maximum atomic E-state index is 12.5. The van der Waals surface area contributed by atoms with E-state index in [2.05, 4.69) is 9.97 Å². The Bertz CT molecular complexity index is 719. The van der Waals surface area contributed by atoms with Gasteiger partial charge in [0.05, 0.1) is 18.2 Å². The fourth-order valence-corrected chi connectivity index (χ4v) is 4.35. The van der Waals surface area contributed by atoms with Crippen LogP contribution in [0, 0.1) is 12.8 Å². The third-order valence-corrected chi connectivity index (χ3v) is 5.70. The minimum absolute atomic E-state index is 0.0358. The van der Waals surface area contributed by atoms with Gasteiger partial charge in [0.2, 0.25) is 5.91 Å². The maximum Gasteiger partial charge on any atom is 0.227 e. The van der Waals surface area contributed by atoms with E-state index >= 15 is 0 Å². The van der Waals surface area contributed by atoms with E-state index in [-0.39, 0.29) is 18.1 Å². The number of hydrogen-bond acceptors (Lipinski definition) is 5. The molecule has 5 nitrogen and oxygen atoms in total. The molecule has 24 heavy (non-hydrogen) atoms. The Kier molecular flexibility index (Phi) is 4.33. The normalized spacial score (nSPS) is 26.4. The van der Waals surface area contributed by atoms with Gasteiger partial charge in [-0.2, -0.15) is 11.3 Å². The Hall–Kier alpha value is -1.79. The monoisotopic (exact) mass is 343 g/mol. The summed E-state index contributed by atoms with van der Waals surface area (Å²) in [6.45, 7) is 3.44. The standard InChI is InChI=1S/C18H21N3O2S/c1-12-19-5-2-15(20-12)16-9-14-3-6-21(10-17(14)23-16)18(22)8-13-4-7-24-11-13/h2,4-5,7,11,14,16-17H,3,6,8-10H2,1H3/t14-,16-,17+/m0/s1.